The topological polar surface area (TPSA) is 15.3 Å². The Morgan fingerprint density at radius 3 is 2.60 bits per heavy atom. The minimum absolute atomic E-state index is 0.176. The second-order valence-electron chi connectivity index (χ2n) is 5.00. The summed E-state index contributed by atoms with van der Waals surface area (Å²) in [6.07, 6.45) is 0. The summed E-state index contributed by atoms with van der Waals surface area (Å²) in [4.78, 5) is 2.03. The molecule has 2 nitrogen and oxygen atoms in total. The SMILES string of the molecule is Cc1ccc(F)c(CNc2cc(Br)ccc2N(C)C)c1. The van der Waals surface area contributed by atoms with Gasteiger partial charge in [0.1, 0.15) is 5.82 Å². The van der Waals surface area contributed by atoms with Gasteiger partial charge in [0.2, 0.25) is 0 Å². The first-order chi connectivity index (χ1) is 9.47. The van der Waals surface area contributed by atoms with Gasteiger partial charge in [-0.3, -0.25) is 0 Å². The van der Waals surface area contributed by atoms with Crippen LogP contribution < -0.4 is 10.2 Å². The minimum Gasteiger partial charge on any atom is -0.379 e. The molecule has 0 heterocycles. The lowest BCUT2D eigenvalue weighted by Crippen LogP contribution is -2.12. The summed E-state index contributed by atoms with van der Waals surface area (Å²) in [6, 6.07) is 11.2. The fourth-order valence-corrected chi connectivity index (χ4v) is 2.43. The van der Waals surface area contributed by atoms with Crippen LogP contribution in [0, 0.1) is 12.7 Å². The van der Waals surface area contributed by atoms with E-state index in [2.05, 4.69) is 21.2 Å². The Bertz CT molecular complexity index is 611. The molecular formula is C16H18BrFN2. The standard InChI is InChI=1S/C16H18BrFN2/c1-11-4-6-14(18)12(8-11)10-19-15-9-13(17)5-7-16(15)20(2)3/h4-9,19H,10H2,1-3H3. The van der Waals surface area contributed by atoms with Crippen LogP contribution in [0.15, 0.2) is 40.9 Å². The van der Waals surface area contributed by atoms with Gasteiger partial charge in [-0.2, -0.15) is 0 Å². The highest BCUT2D eigenvalue weighted by atomic mass is 79.9. The van der Waals surface area contributed by atoms with Crippen molar-refractivity contribution in [1.82, 2.24) is 0 Å². The lowest BCUT2D eigenvalue weighted by molar-refractivity contribution is 0.612. The molecule has 0 bridgehead atoms. The van der Waals surface area contributed by atoms with Crippen molar-refractivity contribution in [3.8, 4) is 0 Å². The van der Waals surface area contributed by atoms with E-state index in [0.717, 1.165) is 21.4 Å². The van der Waals surface area contributed by atoms with E-state index in [1.165, 1.54) is 6.07 Å². The zero-order chi connectivity index (χ0) is 14.7. The number of halogens is 2. The van der Waals surface area contributed by atoms with E-state index in [-0.39, 0.29) is 5.82 Å². The molecule has 0 spiro atoms. The van der Waals surface area contributed by atoms with E-state index in [4.69, 9.17) is 0 Å². The Kier molecular flexibility index (Phi) is 4.65. The molecule has 20 heavy (non-hydrogen) atoms. The molecular weight excluding hydrogens is 319 g/mol. The van der Waals surface area contributed by atoms with Crippen LogP contribution in [0.4, 0.5) is 15.8 Å². The molecule has 0 radical (unpaired) electrons. The first-order valence-corrected chi connectivity index (χ1v) is 7.22. The number of hydrogen-bond donors (Lipinski definition) is 1. The van der Waals surface area contributed by atoms with Crippen molar-refractivity contribution >= 4 is 27.3 Å². The van der Waals surface area contributed by atoms with Gasteiger partial charge < -0.3 is 10.2 Å². The summed E-state index contributed by atoms with van der Waals surface area (Å²) >= 11 is 3.47. The lowest BCUT2D eigenvalue weighted by Gasteiger charge is -2.19. The van der Waals surface area contributed by atoms with E-state index in [1.54, 1.807) is 6.07 Å². The highest BCUT2D eigenvalue weighted by Gasteiger charge is 2.07. The molecule has 0 amide bonds. The smallest absolute Gasteiger partial charge is 0.128 e. The van der Waals surface area contributed by atoms with Crippen molar-refractivity contribution in [3.63, 3.8) is 0 Å². The van der Waals surface area contributed by atoms with E-state index in [1.807, 2.05) is 50.2 Å². The average molecular weight is 337 g/mol. The maximum absolute atomic E-state index is 13.8. The first-order valence-electron chi connectivity index (χ1n) is 6.43. The molecule has 0 aliphatic carbocycles. The van der Waals surface area contributed by atoms with Gasteiger partial charge in [0.05, 0.1) is 11.4 Å². The molecule has 0 aromatic heterocycles. The minimum atomic E-state index is -0.176. The van der Waals surface area contributed by atoms with Crippen LogP contribution in [0.5, 0.6) is 0 Å². The number of anilines is 2. The molecule has 0 aliphatic heterocycles. The third-order valence-corrected chi connectivity index (χ3v) is 3.60. The molecule has 0 fully saturated rings. The number of aryl methyl sites for hydroxylation is 1. The van der Waals surface area contributed by atoms with Crippen LogP contribution in [0.1, 0.15) is 11.1 Å². The van der Waals surface area contributed by atoms with Crippen LogP contribution in [0.3, 0.4) is 0 Å². The number of nitrogens with one attached hydrogen (secondary N) is 1. The van der Waals surface area contributed by atoms with Crippen LogP contribution in [-0.2, 0) is 6.54 Å². The molecule has 1 N–H and O–H groups in total. The zero-order valence-electron chi connectivity index (χ0n) is 11.9. The molecule has 0 unspecified atom stereocenters. The van der Waals surface area contributed by atoms with Crippen molar-refractivity contribution in [2.45, 2.75) is 13.5 Å². The summed E-state index contributed by atoms with van der Waals surface area (Å²) in [6.45, 7) is 2.43. The molecule has 0 saturated carbocycles. The number of hydrogen-bond acceptors (Lipinski definition) is 2. The second-order valence-corrected chi connectivity index (χ2v) is 5.92. The summed E-state index contributed by atoms with van der Waals surface area (Å²) in [5.41, 5.74) is 3.78. The number of benzene rings is 2. The Hall–Kier alpha value is -1.55. The van der Waals surface area contributed by atoms with Gasteiger partial charge in [0.15, 0.2) is 0 Å². The predicted octanol–water partition coefficient (Wildman–Crippen LogP) is 4.57. The molecule has 106 valence electrons. The Morgan fingerprint density at radius 1 is 1.15 bits per heavy atom. The lowest BCUT2D eigenvalue weighted by atomic mass is 10.1. The van der Waals surface area contributed by atoms with Gasteiger partial charge in [0, 0.05) is 30.7 Å². The van der Waals surface area contributed by atoms with Crippen LogP contribution in [0.25, 0.3) is 0 Å². The van der Waals surface area contributed by atoms with Crippen LogP contribution >= 0.6 is 15.9 Å². The molecule has 2 aromatic rings. The molecule has 0 aliphatic rings. The Morgan fingerprint density at radius 2 is 1.90 bits per heavy atom. The van der Waals surface area contributed by atoms with E-state index in [9.17, 15) is 4.39 Å². The summed E-state index contributed by atoms with van der Waals surface area (Å²) in [5, 5.41) is 3.31. The van der Waals surface area contributed by atoms with Crippen LogP contribution in [0.2, 0.25) is 0 Å². The third-order valence-electron chi connectivity index (χ3n) is 3.11. The van der Waals surface area contributed by atoms with Crippen molar-refractivity contribution in [1.29, 1.82) is 0 Å². The first kappa shape index (κ1) is 14.9. The van der Waals surface area contributed by atoms with E-state index < -0.39 is 0 Å². The molecule has 0 saturated heterocycles. The zero-order valence-corrected chi connectivity index (χ0v) is 13.5. The van der Waals surface area contributed by atoms with Gasteiger partial charge in [-0.15, -0.1) is 0 Å². The number of rotatable bonds is 4. The number of nitrogens with zero attached hydrogens (tertiary/aromatic N) is 1. The second kappa shape index (κ2) is 6.27. The van der Waals surface area contributed by atoms with Gasteiger partial charge in [-0.1, -0.05) is 33.6 Å². The fourth-order valence-electron chi connectivity index (χ4n) is 2.07. The van der Waals surface area contributed by atoms with Crippen molar-refractivity contribution in [2.24, 2.45) is 0 Å². The predicted molar refractivity (Wildman–Crippen MR) is 86.9 cm³/mol. The quantitative estimate of drug-likeness (QED) is 0.879. The fraction of sp³-hybridized carbons (Fsp3) is 0.250. The van der Waals surface area contributed by atoms with E-state index >= 15 is 0 Å². The maximum Gasteiger partial charge on any atom is 0.128 e. The van der Waals surface area contributed by atoms with E-state index in [0.29, 0.717) is 12.1 Å². The third kappa shape index (κ3) is 3.51. The largest absolute Gasteiger partial charge is 0.379 e. The Balaban J connectivity index is 2.22. The van der Waals surface area contributed by atoms with Gasteiger partial charge in [-0.25, -0.2) is 4.39 Å². The Labute approximate surface area is 127 Å². The summed E-state index contributed by atoms with van der Waals surface area (Å²) in [7, 11) is 3.98. The van der Waals surface area contributed by atoms with Gasteiger partial charge in [0.25, 0.3) is 0 Å². The summed E-state index contributed by atoms with van der Waals surface area (Å²) < 4.78 is 14.7. The summed E-state index contributed by atoms with van der Waals surface area (Å²) in [5.74, 6) is -0.176. The normalized spacial score (nSPS) is 10.4. The van der Waals surface area contributed by atoms with Gasteiger partial charge in [-0.05, 0) is 31.2 Å². The van der Waals surface area contributed by atoms with Crippen molar-refractivity contribution in [2.75, 3.05) is 24.3 Å². The highest BCUT2D eigenvalue weighted by molar-refractivity contribution is 9.10. The molecule has 2 rings (SSSR count). The van der Waals surface area contributed by atoms with Gasteiger partial charge >= 0.3 is 0 Å². The monoisotopic (exact) mass is 336 g/mol. The average Bonchev–Trinajstić information content (AvgIpc) is 2.39. The molecule has 2 aromatic carbocycles. The highest BCUT2D eigenvalue weighted by Crippen LogP contribution is 2.28. The van der Waals surface area contributed by atoms with Crippen molar-refractivity contribution < 1.29 is 4.39 Å². The molecule has 4 heteroatoms. The van der Waals surface area contributed by atoms with Crippen molar-refractivity contribution in [3.05, 3.63) is 57.8 Å². The molecule has 0 atom stereocenters. The maximum atomic E-state index is 13.8. The van der Waals surface area contributed by atoms with Crippen LogP contribution in [-0.4, -0.2) is 14.1 Å².